The van der Waals surface area contributed by atoms with Crippen molar-refractivity contribution in [1.82, 2.24) is 9.97 Å². The van der Waals surface area contributed by atoms with Crippen LogP contribution < -0.4 is 0 Å². The smallest absolute Gasteiger partial charge is 0.197 e. The molecule has 0 atom stereocenters. The predicted molar refractivity (Wildman–Crippen MR) is 46.9 cm³/mol. The SMILES string of the molecule is Cc1nc(Br)nc(C)c1Br. The summed E-state index contributed by atoms with van der Waals surface area (Å²) < 4.78 is 1.63. The van der Waals surface area contributed by atoms with E-state index in [0.717, 1.165) is 15.9 Å². The van der Waals surface area contributed by atoms with E-state index in [4.69, 9.17) is 0 Å². The van der Waals surface area contributed by atoms with Crippen molar-refractivity contribution in [3.8, 4) is 0 Å². The summed E-state index contributed by atoms with van der Waals surface area (Å²) in [4.78, 5) is 8.19. The van der Waals surface area contributed by atoms with Crippen molar-refractivity contribution in [2.75, 3.05) is 0 Å². The molecule has 2 nitrogen and oxygen atoms in total. The first kappa shape index (κ1) is 8.14. The molecular formula is C6H6Br2N2. The Morgan fingerprint density at radius 1 is 1.00 bits per heavy atom. The monoisotopic (exact) mass is 264 g/mol. The Morgan fingerprint density at radius 2 is 1.40 bits per heavy atom. The molecule has 0 aliphatic rings. The van der Waals surface area contributed by atoms with Gasteiger partial charge in [0.05, 0.1) is 15.9 Å². The summed E-state index contributed by atoms with van der Waals surface area (Å²) in [6, 6.07) is 0. The van der Waals surface area contributed by atoms with Gasteiger partial charge in [-0.05, 0) is 45.7 Å². The fraction of sp³-hybridized carbons (Fsp3) is 0.333. The molecule has 1 rings (SSSR count). The van der Waals surface area contributed by atoms with E-state index in [9.17, 15) is 0 Å². The molecular weight excluding hydrogens is 260 g/mol. The van der Waals surface area contributed by atoms with Crippen LogP contribution in [0.4, 0.5) is 0 Å². The average Bonchev–Trinajstić information content (AvgIpc) is 1.82. The Bertz CT molecular complexity index is 237. The second kappa shape index (κ2) is 2.96. The Hall–Kier alpha value is 0.0400. The lowest BCUT2D eigenvalue weighted by atomic mass is 10.4. The van der Waals surface area contributed by atoms with Gasteiger partial charge in [0.15, 0.2) is 4.73 Å². The second-order valence-corrected chi connectivity index (χ2v) is 3.48. The van der Waals surface area contributed by atoms with E-state index >= 15 is 0 Å². The number of hydrogen-bond acceptors (Lipinski definition) is 2. The van der Waals surface area contributed by atoms with Crippen LogP contribution in [0.5, 0.6) is 0 Å². The molecule has 0 amide bonds. The van der Waals surface area contributed by atoms with Crippen LogP contribution in [-0.4, -0.2) is 9.97 Å². The van der Waals surface area contributed by atoms with Gasteiger partial charge in [-0.1, -0.05) is 0 Å². The summed E-state index contributed by atoms with van der Waals surface area (Å²) in [5.41, 5.74) is 1.92. The molecule has 0 saturated heterocycles. The highest BCUT2D eigenvalue weighted by molar-refractivity contribution is 9.11. The normalized spacial score (nSPS) is 10.0. The van der Waals surface area contributed by atoms with Gasteiger partial charge in [0.1, 0.15) is 0 Å². The molecule has 0 aliphatic carbocycles. The number of aryl methyl sites for hydroxylation is 2. The molecule has 0 aliphatic heterocycles. The van der Waals surface area contributed by atoms with E-state index in [2.05, 4.69) is 41.8 Å². The van der Waals surface area contributed by atoms with Gasteiger partial charge in [-0.15, -0.1) is 0 Å². The Labute approximate surface area is 76.3 Å². The summed E-state index contributed by atoms with van der Waals surface area (Å²) in [7, 11) is 0. The first-order valence-corrected chi connectivity index (χ1v) is 4.36. The molecule has 4 heteroatoms. The van der Waals surface area contributed by atoms with E-state index in [1.165, 1.54) is 0 Å². The number of halogens is 2. The van der Waals surface area contributed by atoms with E-state index in [-0.39, 0.29) is 0 Å². The molecule has 0 fully saturated rings. The minimum atomic E-state index is 0.644. The van der Waals surface area contributed by atoms with Crippen LogP contribution in [0, 0.1) is 13.8 Å². The largest absolute Gasteiger partial charge is 0.226 e. The zero-order chi connectivity index (χ0) is 7.72. The molecule has 0 unspecified atom stereocenters. The summed E-state index contributed by atoms with van der Waals surface area (Å²) in [6.45, 7) is 3.87. The standard InChI is InChI=1S/C6H6Br2N2/c1-3-5(7)4(2)10-6(8)9-3/h1-2H3. The van der Waals surface area contributed by atoms with Crippen molar-refractivity contribution < 1.29 is 0 Å². The van der Waals surface area contributed by atoms with Gasteiger partial charge in [0.2, 0.25) is 0 Å². The van der Waals surface area contributed by atoms with Gasteiger partial charge in [-0.3, -0.25) is 0 Å². The maximum atomic E-state index is 4.09. The molecule has 0 spiro atoms. The van der Waals surface area contributed by atoms with Crippen molar-refractivity contribution in [2.45, 2.75) is 13.8 Å². The lowest BCUT2D eigenvalue weighted by Gasteiger charge is -1.99. The molecule has 0 N–H and O–H groups in total. The number of hydrogen-bond donors (Lipinski definition) is 0. The number of nitrogens with zero attached hydrogens (tertiary/aromatic N) is 2. The molecule has 10 heavy (non-hydrogen) atoms. The first-order chi connectivity index (χ1) is 4.61. The van der Waals surface area contributed by atoms with Crippen LogP contribution in [-0.2, 0) is 0 Å². The maximum Gasteiger partial charge on any atom is 0.197 e. The van der Waals surface area contributed by atoms with E-state index in [1.807, 2.05) is 13.8 Å². The molecule has 1 heterocycles. The first-order valence-electron chi connectivity index (χ1n) is 2.77. The fourth-order valence-corrected chi connectivity index (χ4v) is 1.37. The molecule has 0 bridgehead atoms. The second-order valence-electron chi connectivity index (χ2n) is 1.98. The van der Waals surface area contributed by atoms with Crippen LogP contribution >= 0.6 is 31.9 Å². The van der Waals surface area contributed by atoms with Crippen LogP contribution in [0.2, 0.25) is 0 Å². The van der Waals surface area contributed by atoms with Gasteiger partial charge in [-0.2, -0.15) is 0 Å². The van der Waals surface area contributed by atoms with Crippen LogP contribution in [0.15, 0.2) is 9.21 Å². The summed E-state index contributed by atoms with van der Waals surface area (Å²) in [5, 5.41) is 0. The molecule has 1 aromatic heterocycles. The van der Waals surface area contributed by atoms with E-state index in [0.29, 0.717) is 4.73 Å². The molecule has 1 aromatic rings. The third kappa shape index (κ3) is 1.55. The lowest BCUT2D eigenvalue weighted by molar-refractivity contribution is 0.995. The third-order valence-corrected chi connectivity index (χ3v) is 2.66. The van der Waals surface area contributed by atoms with Crippen LogP contribution in [0.3, 0.4) is 0 Å². The highest BCUT2D eigenvalue weighted by atomic mass is 79.9. The number of rotatable bonds is 0. The number of aromatic nitrogens is 2. The zero-order valence-electron chi connectivity index (χ0n) is 5.65. The predicted octanol–water partition coefficient (Wildman–Crippen LogP) is 2.62. The van der Waals surface area contributed by atoms with Crippen LogP contribution in [0.1, 0.15) is 11.4 Å². The molecule has 0 saturated carbocycles. The van der Waals surface area contributed by atoms with Gasteiger partial charge in [0.25, 0.3) is 0 Å². The maximum absolute atomic E-state index is 4.09. The highest BCUT2D eigenvalue weighted by Crippen LogP contribution is 2.18. The topological polar surface area (TPSA) is 25.8 Å². The van der Waals surface area contributed by atoms with Crippen molar-refractivity contribution in [2.24, 2.45) is 0 Å². The average molecular weight is 266 g/mol. The van der Waals surface area contributed by atoms with Crippen molar-refractivity contribution in [1.29, 1.82) is 0 Å². The summed E-state index contributed by atoms with van der Waals surface area (Å²) >= 11 is 6.57. The summed E-state index contributed by atoms with van der Waals surface area (Å²) in [6.07, 6.45) is 0. The Morgan fingerprint density at radius 3 is 1.80 bits per heavy atom. The van der Waals surface area contributed by atoms with Crippen molar-refractivity contribution in [3.05, 3.63) is 20.6 Å². The molecule has 0 radical (unpaired) electrons. The van der Waals surface area contributed by atoms with Crippen LogP contribution in [0.25, 0.3) is 0 Å². The van der Waals surface area contributed by atoms with E-state index in [1.54, 1.807) is 0 Å². The molecule has 54 valence electrons. The van der Waals surface area contributed by atoms with Gasteiger partial charge in [0, 0.05) is 0 Å². The Kier molecular flexibility index (Phi) is 2.41. The minimum absolute atomic E-state index is 0.644. The lowest BCUT2D eigenvalue weighted by Crippen LogP contribution is -1.92. The van der Waals surface area contributed by atoms with Crippen molar-refractivity contribution >= 4 is 31.9 Å². The van der Waals surface area contributed by atoms with E-state index < -0.39 is 0 Å². The van der Waals surface area contributed by atoms with Crippen molar-refractivity contribution in [3.63, 3.8) is 0 Å². The summed E-state index contributed by atoms with van der Waals surface area (Å²) in [5.74, 6) is 0. The van der Waals surface area contributed by atoms with Gasteiger partial charge < -0.3 is 0 Å². The highest BCUT2D eigenvalue weighted by Gasteiger charge is 2.01. The zero-order valence-corrected chi connectivity index (χ0v) is 8.82. The van der Waals surface area contributed by atoms with Gasteiger partial charge in [-0.25, -0.2) is 9.97 Å². The molecule has 0 aromatic carbocycles. The third-order valence-electron chi connectivity index (χ3n) is 1.16. The minimum Gasteiger partial charge on any atom is -0.226 e. The quantitative estimate of drug-likeness (QED) is 0.674. The fourth-order valence-electron chi connectivity index (χ4n) is 0.662. The van der Waals surface area contributed by atoms with Gasteiger partial charge >= 0.3 is 0 Å². The Balaban J connectivity index is 3.31.